The molecule has 0 amide bonds. The van der Waals surface area contributed by atoms with Gasteiger partial charge in [-0.1, -0.05) is 43.3 Å². The van der Waals surface area contributed by atoms with Gasteiger partial charge in [-0.25, -0.2) is 0 Å². The number of nitrogens with zero attached hydrogens (tertiary/aromatic N) is 2. The third-order valence-corrected chi connectivity index (χ3v) is 4.96. The van der Waals surface area contributed by atoms with Crippen molar-refractivity contribution in [1.82, 2.24) is 10.1 Å². The van der Waals surface area contributed by atoms with Gasteiger partial charge in [-0.05, 0) is 17.9 Å². The summed E-state index contributed by atoms with van der Waals surface area (Å²) in [6, 6.07) is 10.4. The highest BCUT2D eigenvalue weighted by atomic mass is 16.5. The first-order chi connectivity index (χ1) is 11.1. The molecule has 4 rings (SSSR count). The monoisotopic (exact) mass is 308 g/mol. The van der Waals surface area contributed by atoms with Crippen molar-refractivity contribution >= 4 is 10.8 Å². The smallest absolute Gasteiger partial charge is 0.145 e. The quantitative estimate of drug-likeness (QED) is 0.718. The van der Waals surface area contributed by atoms with Gasteiger partial charge < -0.3 is 9.26 Å². The minimum Gasteiger partial charge on any atom is -0.372 e. The van der Waals surface area contributed by atoms with Gasteiger partial charge in [-0.3, -0.25) is 4.98 Å². The molecule has 0 spiro atoms. The fraction of sp³-hybridized carbons (Fsp3) is 0.368. The van der Waals surface area contributed by atoms with Gasteiger partial charge in [-0.2, -0.15) is 0 Å². The highest BCUT2D eigenvalue weighted by Gasteiger charge is 2.48. The molecule has 1 unspecified atom stereocenters. The van der Waals surface area contributed by atoms with Crippen LogP contribution >= 0.6 is 0 Å². The number of hydrogen-bond acceptors (Lipinski definition) is 4. The Morgan fingerprint density at radius 3 is 2.83 bits per heavy atom. The molecule has 4 nitrogen and oxygen atoms in total. The van der Waals surface area contributed by atoms with E-state index in [9.17, 15) is 0 Å². The lowest BCUT2D eigenvalue weighted by Gasteiger charge is -2.42. The topological polar surface area (TPSA) is 48.2 Å². The molecule has 118 valence electrons. The van der Waals surface area contributed by atoms with Crippen molar-refractivity contribution in [2.24, 2.45) is 0 Å². The molecule has 4 heteroatoms. The molecule has 23 heavy (non-hydrogen) atoms. The summed E-state index contributed by atoms with van der Waals surface area (Å²) in [6.07, 6.45) is 5.22. The summed E-state index contributed by atoms with van der Waals surface area (Å²) >= 11 is 0. The molecule has 1 aromatic carbocycles. The van der Waals surface area contributed by atoms with Crippen LogP contribution in [-0.2, 0) is 22.2 Å². The highest BCUT2D eigenvalue weighted by molar-refractivity contribution is 5.85. The first-order valence-corrected chi connectivity index (χ1v) is 7.89. The Morgan fingerprint density at radius 1 is 1.17 bits per heavy atom. The molecule has 1 atom stereocenters. The Hall–Kier alpha value is -2.20. The van der Waals surface area contributed by atoms with Crippen LogP contribution in [0.15, 0.2) is 47.2 Å². The van der Waals surface area contributed by atoms with Crippen molar-refractivity contribution in [3.63, 3.8) is 0 Å². The van der Waals surface area contributed by atoms with E-state index in [0.29, 0.717) is 0 Å². The Balaban J connectivity index is 1.95. The summed E-state index contributed by atoms with van der Waals surface area (Å²) in [4.78, 5) is 4.72. The van der Waals surface area contributed by atoms with E-state index in [1.165, 1.54) is 5.39 Å². The number of fused-ring (bicyclic) bond motifs is 2. The van der Waals surface area contributed by atoms with E-state index in [-0.39, 0.29) is 5.41 Å². The summed E-state index contributed by atoms with van der Waals surface area (Å²) in [5.41, 5.74) is 1.48. The lowest BCUT2D eigenvalue weighted by molar-refractivity contribution is -0.0495. The Morgan fingerprint density at radius 2 is 2.00 bits per heavy atom. The summed E-state index contributed by atoms with van der Waals surface area (Å²) in [5, 5.41) is 6.33. The van der Waals surface area contributed by atoms with Gasteiger partial charge in [0.25, 0.3) is 0 Å². The van der Waals surface area contributed by atoms with E-state index >= 15 is 0 Å². The highest BCUT2D eigenvalue weighted by Crippen LogP contribution is 2.48. The van der Waals surface area contributed by atoms with E-state index in [1.54, 1.807) is 7.11 Å². The lowest BCUT2D eigenvalue weighted by atomic mass is 9.68. The Labute approximate surface area is 135 Å². The predicted molar refractivity (Wildman–Crippen MR) is 88.3 cm³/mol. The van der Waals surface area contributed by atoms with Crippen LogP contribution in [0.3, 0.4) is 0 Å². The summed E-state index contributed by atoms with van der Waals surface area (Å²) in [5.74, 6) is 0.963. The Bertz CT molecular complexity index is 863. The zero-order valence-corrected chi connectivity index (χ0v) is 13.7. The molecule has 0 fully saturated rings. The molecular formula is C19H20N2O2. The second-order valence-electron chi connectivity index (χ2n) is 7.00. The average Bonchev–Trinajstić information content (AvgIpc) is 3.03. The van der Waals surface area contributed by atoms with Gasteiger partial charge in [0, 0.05) is 36.1 Å². The van der Waals surface area contributed by atoms with Crippen LogP contribution in [0, 0.1) is 0 Å². The maximum atomic E-state index is 6.10. The number of methoxy groups -OCH3 is 1. The fourth-order valence-electron chi connectivity index (χ4n) is 4.00. The molecule has 1 aliphatic carbocycles. The van der Waals surface area contributed by atoms with Gasteiger partial charge in [0.15, 0.2) is 0 Å². The van der Waals surface area contributed by atoms with Gasteiger partial charge in [0.1, 0.15) is 11.4 Å². The molecule has 2 aromatic heterocycles. The molecule has 3 aromatic rings. The molecule has 0 bridgehead atoms. The van der Waals surface area contributed by atoms with Crippen molar-refractivity contribution in [2.75, 3.05) is 7.11 Å². The second-order valence-corrected chi connectivity index (χ2v) is 7.00. The van der Waals surface area contributed by atoms with E-state index in [0.717, 1.165) is 35.2 Å². The van der Waals surface area contributed by atoms with Gasteiger partial charge >= 0.3 is 0 Å². The first-order valence-electron chi connectivity index (χ1n) is 7.89. The van der Waals surface area contributed by atoms with Crippen LogP contribution in [0.25, 0.3) is 10.8 Å². The van der Waals surface area contributed by atoms with Crippen LogP contribution in [-0.4, -0.2) is 17.3 Å². The maximum absolute atomic E-state index is 6.10. The van der Waals surface area contributed by atoms with Crippen LogP contribution in [0.1, 0.15) is 37.3 Å². The molecular weight excluding hydrogens is 288 g/mol. The summed E-state index contributed by atoms with van der Waals surface area (Å²) in [6.45, 7) is 4.35. The molecule has 0 radical (unpaired) electrons. The molecule has 0 saturated heterocycles. The van der Waals surface area contributed by atoms with Crippen molar-refractivity contribution < 1.29 is 9.26 Å². The van der Waals surface area contributed by atoms with Crippen LogP contribution in [0.2, 0.25) is 0 Å². The van der Waals surface area contributed by atoms with E-state index in [4.69, 9.17) is 14.2 Å². The maximum Gasteiger partial charge on any atom is 0.145 e. The standard InChI is InChI=1S/C19H20N2O2/c1-18(2)12-19(22-3,10-14-11-21-23-17(14)18)16-15-7-5-4-6-13(15)8-9-20-16/h4-9,11H,10,12H2,1-3H3. The zero-order valence-electron chi connectivity index (χ0n) is 13.7. The zero-order chi connectivity index (χ0) is 16.1. The van der Waals surface area contributed by atoms with Gasteiger partial charge in [0.05, 0.1) is 11.9 Å². The first kappa shape index (κ1) is 14.4. The van der Waals surface area contributed by atoms with Crippen molar-refractivity contribution in [1.29, 1.82) is 0 Å². The molecule has 0 saturated carbocycles. The number of rotatable bonds is 2. The Kier molecular flexibility index (Phi) is 3.07. The second kappa shape index (κ2) is 4.90. The van der Waals surface area contributed by atoms with Crippen molar-refractivity contribution in [3.8, 4) is 0 Å². The predicted octanol–water partition coefficient (Wildman–Crippen LogP) is 3.99. The van der Waals surface area contributed by atoms with Crippen LogP contribution < -0.4 is 0 Å². The number of benzene rings is 1. The minimum absolute atomic E-state index is 0.154. The van der Waals surface area contributed by atoms with Crippen LogP contribution in [0.4, 0.5) is 0 Å². The lowest BCUT2D eigenvalue weighted by Crippen LogP contribution is -2.43. The summed E-state index contributed by atoms with van der Waals surface area (Å²) < 4.78 is 11.6. The molecule has 2 heterocycles. The third-order valence-electron chi connectivity index (χ3n) is 4.96. The largest absolute Gasteiger partial charge is 0.372 e. The van der Waals surface area contributed by atoms with Gasteiger partial charge in [-0.15, -0.1) is 0 Å². The number of ether oxygens (including phenoxy) is 1. The van der Waals surface area contributed by atoms with E-state index < -0.39 is 5.60 Å². The SMILES string of the molecule is COC1(c2nccc3ccccc23)Cc2cnoc2C(C)(C)C1. The number of hydrogen-bond donors (Lipinski definition) is 0. The van der Waals surface area contributed by atoms with Crippen molar-refractivity contribution in [2.45, 2.75) is 37.7 Å². The fourth-order valence-corrected chi connectivity index (χ4v) is 4.00. The summed E-state index contributed by atoms with van der Waals surface area (Å²) in [7, 11) is 1.78. The third kappa shape index (κ3) is 2.09. The number of aromatic nitrogens is 2. The molecule has 1 aliphatic rings. The van der Waals surface area contributed by atoms with Crippen LogP contribution in [0.5, 0.6) is 0 Å². The minimum atomic E-state index is -0.469. The van der Waals surface area contributed by atoms with E-state index in [1.807, 2.05) is 18.5 Å². The van der Waals surface area contributed by atoms with Gasteiger partial charge in [0.2, 0.25) is 0 Å². The normalized spacial score (nSPS) is 22.9. The average molecular weight is 308 g/mol. The van der Waals surface area contributed by atoms with Crippen molar-refractivity contribution in [3.05, 3.63) is 59.7 Å². The molecule has 0 aliphatic heterocycles. The molecule has 0 N–H and O–H groups in total. The number of pyridine rings is 1. The van der Waals surface area contributed by atoms with E-state index in [2.05, 4.69) is 43.3 Å².